The van der Waals surface area contributed by atoms with Crippen LogP contribution in [0.5, 0.6) is 0 Å². The molecule has 3 nitrogen and oxygen atoms in total. The third-order valence-electron chi connectivity index (χ3n) is 2.08. The SMILES string of the molecule is CCOC(=O)c1ccc(CCC=O)cc1F. The molecule has 4 heteroatoms. The highest BCUT2D eigenvalue weighted by atomic mass is 19.1. The van der Waals surface area contributed by atoms with Crippen molar-refractivity contribution in [1.29, 1.82) is 0 Å². The van der Waals surface area contributed by atoms with Crippen molar-refractivity contribution in [3.8, 4) is 0 Å². The molecule has 0 aliphatic carbocycles. The van der Waals surface area contributed by atoms with Crippen molar-refractivity contribution in [1.82, 2.24) is 0 Å². The summed E-state index contributed by atoms with van der Waals surface area (Å²) in [5, 5.41) is 0. The number of hydrogen-bond donors (Lipinski definition) is 0. The predicted octanol–water partition coefficient (Wildman–Crippen LogP) is 2.13. The fourth-order valence-electron chi connectivity index (χ4n) is 1.31. The fraction of sp³-hybridized carbons (Fsp3) is 0.333. The van der Waals surface area contributed by atoms with E-state index in [1.807, 2.05) is 0 Å². The largest absolute Gasteiger partial charge is 0.462 e. The Morgan fingerprint density at radius 1 is 1.50 bits per heavy atom. The lowest BCUT2D eigenvalue weighted by Gasteiger charge is -2.04. The van der Waals surface area contributed by atoms with Gasteiger partial charge in [0.25, 0.3) is 0 Å². The Bertz CT molecular complexity index is 388. The molecule has 0 heterocycles. The van der Waals surface area contributed by atoms with Crippen LogP contribution in [-0.2, 0) is 16.0 Å². The van der Waals surface area contributed by atoms with Crippen LogP contribution in [0.25, 0.3) is 0 Å². The molecule has 0 aliphatic rings. The minimum atomic E-state index is -0.665. The average Bonchev–Trinajstić information content (AvgIpc) is 2.26. The normalized spacial score (nSPS) is 9.88. The highest BCUT2D eigenvalue weighted by Gasteiger charge is 2.12. The van der Waals surface area contributed by atoms with Gasteiger partial charge in [0.15, 0.2) is 0 Å². The van der Waals surface area contributed by atoms with E-state index in [4.69, 9.17) is 4.74 Å². The minimum absolute atomic E-state index is 0.0725. The number of esters is 1. The first-order chi connectivity index (χ1) is 7.69. The van der Waals surface area contributed by atoms with Crippen LogP contribution in [-0.4, -0.2) is 18.9 Å². The summed E-state index contributed by atoms with van der Waals surface area (Å²) in [6.07, 6.45) is 1.60. The fourth-order valence-corrected chi connectivity index (χ4v) is 1.31. The van der Waals surface area contributed by atoms with Gasteiger partial charge >= 0.3 is 5.97 Å². The summed E-state index contributed by atoms with van der Waals surface area (Å²) in [7, 11) is 0. The minimum Gasteiger partial charge on any atom is -0.462 e. The van der Waals surface area contributed by atoms with E-state index in [0.29, 0.717) is 18.4 Å². The van der Waals surface area contributed by atoms with Gasteiger partial charge in [-0.3, -0.25) is 0 Å². The molecule has 0 unspecified atom stereocenters. The first-order valence-electron chi connectivity index (χ1n) is 5.08. The number of ether oxygens (including phenoxy) is 1. The Morgan fingerprint density at radius 2 is 2.25 bits per heavy atom. The van der Waals surface area contributed by atoms with Crippen molar-refractivity contribution in [2.75, 3.05) is 6.61 Å². The number of carbonyl (C=O) groups excluding carboxylic acids is 2. The quantitative estimate of drug-likeness (QED) is 0.568. The van der Waals surface area contributed by atoms with Gasteiger partial charge in [-0.1, -0.05) is 6.07 Å². The van der Waals surface area contributed by atoms with Crippen molar-refractivity contribution in [2.24, 2.45) is 0 Å². The molecule has 0 amide bonds. The molecule has 86 valence electrons. The van der Waals surface area contributed by atoms with E-state index in [-0.39, 0.29) is 12.2 Å². The molecule has 0 saturated heterocycles. The first kappa shape index (κ1) is 12.4. The Balaban J connectivity index is 2.82. The number of rotatable bonds is 5. The maximum Gasteiger partial charge on any atom is 0.341 e. The van der Waals surface area contributed by atoms with Gasteiger partial charge in [0.1, 0.15) is 12.1 Å². The molecule has 16 heavy (non-hydrogen) atoms. The summed E-state index contributed by atoms with van der Waals surface area (Å²) in [4.78, 5) is 21.4. The molecule has 0 aromatic heterocycles. The Hall–Kier alpha value is -1.71. The molecule has 1 aromatic rings. The summed E-state index contributed by atoms with van der Waals surface area (Å²) in [6, 6.07) is 4.27. The first-order valence-corrected chi connectivity index (χ1v) is 5.08. The van der Waals surface area contributed by atoms with Crippen LogP contribution in [0, 0.1) is 5.82 Å². The van der Waals surface area contributed by atoms with Gasteiger partial charge in [0, 0.05) is 6.42 Å². The number of aryl methyl sites for hydroxylation is 1. The van der Waals surface area contributed by atoms with E-state index in [1.54, 1.807) is 13.0 Å². The molecule has 1 aromatic carbocycles. The molecule has 0 fully saturated rings. The second kappa shape index (κ2) is 6.00. The highest BCUT2D eigenvalue weighted by molar-refractivity contribution is 5.89. The van der Waals surface area contributed by atoms with Crippen LogP contribution in [0.1, 0.15) is 29.3 Å². The van der Waals surface area contributed by atoms with Crippen LogP contribution < -0.4 is 0 Å². The zero-order valence-electron chi connectivity index (χ0n) is 9.03. The second-order valence-corrected chi connectivity index (χ2v) is 3.24. The molecule has 0 N–H and O–H groups in total. The molecule has 0 atom stereocenters. The maximum absolute atomic E-state index is 13.5. The van der Waals surface area contributed by atoms with Crippen molar-refractivity contribution < 1.29 is 18.7 Å². The zero-order valence-corrected chi connectivity index (χ0v) is 9.03. The Kier molecular flexibility index (Phi) is 4.64. The molecule has 0 radical (unpaired) electrons. The van der Waals surface area contributed by atoms with Crippen molar-refractivity contribution >= 4 is 12.3 Å². The lowest BCUT2D eigenvalue weighted by molar-refractivity contribution is -0.107. The standard InChI is InChI=1S/C12H13FO3/c1-2-16-12(15)10-6-5-9(4-3-7-14)8-11(10)13/h5-8H,2-4H2,1H3. The van der Waals surface area contributed by atoms with E-state index >= 15 is 0 Å². The van der Waals surface area contributed by atoms with Gasteiger partial charge < -0.3 is 9.53 Å². The molecule has 1 rings (SSSR count). The average molecular weight is 224 g/mol. The molecule has 0 bridgehead atoms. The molecular weight excluding hydrogens is 211 g/mol. The lowest BCUT2D eigenvalue weighted by Crippen LogP contribution is -2.07. The molecule has 0 saturated carbocycles. The van der Waals surface area contributed by atoms with Crippen LogP contribution in [0.15, 0.2) is 18.2 Å². The molecule has 0 spiro atoms. The second-order valence-electron chi connectivity index (χ2n) is 3.24. The van der Waals surface area contributed by atoms with E-state index in [0.717, 1.165) is 6.29 Å². The van der Waals surface area contributed by atoms with E-state index < -0.39 is 11.8 Å². The van der Waals surface area contributed by atoms with Gasteiger partial charge in [-0.15, -0.1) is 0 Å². The van der Waals surface area contributed by atoms with E-state index in [2.05, 4.69) is 0 Å². The Labute approximate surface area is 93.2 Å². The monoisotopic (exact) mass is 224 g/mol. The van der Waals surface area contributed by atoms with Crippen LogP contribution >= 0.6 is 0 Å². The summed E-state index contributed by atoms with van der Waals surface area (Å²) >= 11 is 0. The van der Waals surface area contributed by atoms with Gasteiger partial charge in [-0.05, 0) is 31.0 Å². The highest BCUT2D eigenvalue weighted by Crippen LogP contribution is 2.13. The van der Waals surface area contributed by atoms with Gasteiger partial charge in [0.05, 0.1) is 12.2 Å². The summed E-state index contributed by atoms with van der Waals surface area (Å²) < 4.78 is 18.2. The van der Waals surface area contributed by atoms with Crippen molar-refractivity contribution in [3.05, 3.63) is 35.1 Å². The van der Waals surface area contributed by atoms with Crippen LogP contribution in [0.2, 0.25) is 0 Å². The molecular formula is C12H13FO3. The van der Waals surface area contributed by atoms with E-state index in [1.165, 1.54) is 12.1 Å². The number of hydrogen-bond acceptors (Lipinski definition) is 3. The van der Waals surface area contributed by atoms with Crippen LogP contribution in [0.4, 0.5) is 4.39 Å². The third-order valence-corrected chi connectivity index (χ3v) is 2.08. The van der Waals surface area contributed by atoms with Crippen LogP contribution in [0.3, 0.4) is 0 Å². The molecule has 0 aliphatic heterocycles. The maximum atomic E-state index is 13.5. The number of carbonyl (C=O) groups is 2. The summed E-state index contributed by atoms with van der Waals surface area (Å²) in [5.41, 5.74) is 0.620. The number of aldehydes is 1. The van der Waals surface area contributed by atoms with Crippen molar-refractivity contribution in [2.45, 2.75) is 19.8 Å². The summed E-state index contributed by atoms with van der Waals surface area (Å²) in [5.74, 6) is -1.27. The predicted molar refractivity (Wildman–Crippen MR) is 56.7 cm³/mol. The zero-order chi connectivity index (χ0) is 12.0. The van der Waals surface area contributed by atoms with Gasteiger partial charge in [-0.25, -0.2) is 9.18 Å². The number of halogens is 1. The topological polar surface area (TPSA) is 43.4 Å². The lowest BCUT2D eigenvalue weighted by atomic mass is 10.1. The Morgan fingerprint density at radius 3 is 2.81 bits per heavy atom. The number of benzene rings is 1. The van der Waals surface area contributed by atoms with Gasteiger partial charge in [-0.2, -0.15) is 0 Å². The van der Waals surface area contributed by atoms with E-state index in [9.17, 15) is 14.0 Å². The third kappa shape index (κ3) is 3.15. The summed E-state index contributed by atoms with van der Waals surface area (Å²) in [6.45, 7) is 1.87. The van der Waals surface area contributed by atoms with Gasteiger partial charge in [0.2, 0.25) is 0 Å². The van der Waals surface area contributed by atoms with Crippen molar-refractivity contribution in [3.63, 3.8) is 0 Å². The smallest absolute Gasteiger partial charge is 0.341 e.